The van der Waals surface area contributed by atoms with Crippen molar-refractivity contribution in [2.75, 3.05) is 6.54 Å². The molecule has 2 heterocycles. The van der Waals surface area contributed by atoms with E-state index in [2.05, 4.69) is 10.4 Å². The average molecular weight is 245 g/mol. The molecular formula is C14H16FN3. The van der Waals surface area contributed by atoms with Crippen molar-refractivity contribution in [3.63, 3.8) is 0 Å². The van der Waals surface area contributed by atoms with Crippen molar-refractivity contribution in [3.8, 4) is 11.1 Å². The van der Waals surface area contributed by atoms with Gasteiger partial charge in [0, 0.05) is 17.8 Å². The molecule has 1 atom stereocenters. The smallest absolute Gasteiger partial charge is 0.123 e. The lowest BCUT2D eigenvalue weighted by molar-refractivity contribution is 0.476. The van der Waals surface area contributed by atoms with Crippen molar-refractivity contribution in [1.82, 2.24) is 15.1 Å². The number of nitrogens with one attached hydrogen (secondary N) is 1. The molecule has 1 unspecified atom stereocenters. The van der Waals surface area contributed by atoms with Crippen LogP contribution in [0.5, 0.6) is 0 Å². The first-order valence-corrected chi connectivity index (χ1v) is 6.33. The van der Waals surface area contributed by atoms with Gasteiger partial charge in [0.1, 0.15) is 5.82 Å². The van der Waals surface area contributed by atoms with Crippen molar-refractivity contribution in [2.24, 2.45) is 0 Å². The van der Waals surface area contributed by atoms with Crippen molar-refractivity contribution in [2.45, 2.75) is 25.4 Å². The summed E-state index contributed by atoms with van der Waals surface area (Å²) in [4.78, 5) is 0. The molecule has 1 saturated heterocycles. The lowest BCUT2D eigenvalue weighted by atomic mass is 10.1. The van der Waals surface area contributed by atoms with Crippen molar-refractivity contribution >= 4 is 0 Å². The van der Waals surface area contributed by atoms with Crippen LogP contribution in [0.1, 0.15) is 12.8 Å². The quantitative estimate of drug-likeness (QED) is 0.900. The fraction of sp³-hybridized carbons (Fsp3) is 0.357. The summed E-state index contributed by atoms with van der Waals surface area (Å²) in [6.45, 7) is 2.01. The standard InChI is InChI=1S/C14H16FN3/c15-13-5-3-11(4-6-13)12-8-17-18(9-12)10-14-2-1-7-16-14/h3-6,8-9,14,16H,1-2,7,10H2. The first-order chi connectivity index (χ1) is 8.81. The zero-order valence-electron chi connectivity index (χ0n) is 10.1. The predicted molar refractivity (Wildman–Crippen MR) is 68.6 cm³/mol. The Balaban J connectivity index is 1.74. The minimum Gasteiger partial charge on any atom is -0.312 e. The minimum atomic E-state index is -0.207. The zero-order chi connectivity index (χ0) is 12.4. The average Bonchev–Trinajstić information content (AvgIpc) is 3.02. The second kappa shape index (κ2) is 4.90. The lowest BCUT2D eigenvalue weighted by Gasteiger charge is -2.09. The molecule has 94 valence electrons. The second-order valence-electron chi connectivity index (χ2n) is 4.75. The Morgan fingerprint density at radius 2 is 2.11 bits per heavy atom. The van der Waals surface area contributed by atoms with Gasteiger partial charge in [-0.1, -0.05) is 12.1 Å². The third-order valence-electron chi connectivity index (χ3n) is 3.38. The van der Waals surface area contributed by atoms with E-state index in [1.807, 2.05) is 17.1 Å². The number of benzene rings is 1. The molecule has 1 N–H and O–H groups in total. The summed E-state index contributed by atoms with van der Waals surface area (Å²) in [7, 11) is 0. The van der Waals surface area contributed by atoms with E-state index in [9.17, 15) is 4.39 Å². The molecule has 1 fully saturated rings. The Labute approximate surface area is 106 Å². The molecule has 0 aliphatic carbocycles. The molecule has 0 radical (unpaired) electrons. The van der Waals surface area contributed by atoms with Crippen LogP contribution in [0.15, 0.2) is 36.7 Å². The van der Waals surface area contributed by atoms with Gasteiger partial charge in [-0.15, -0.1) is 0 Å². The van der Waals surface area contributed by atoms with E-state index >= 15 is 0 Å². The van der Waals surface area contributed by atoms with Crippen LogP contribution in [0.25, 0.3) is 11.1 Å². The Morgan fingerprint density at radius 3 is 2.83 bits per heavy atom. The third-order valence-corrected chi connectivity index (χ3v) is 3.38. The molecule has 1 aromatic heterocycles. The summed E-state index contributed by atoms with van der Waals surface area (Å²) in [6, 6.07) is 7.05. The van der Waals surface area contributed by atoms with Crippen LogP contribution in [0.3, 0.4) is 0 Å². The molecule has 3 nitrogen and oxygen atoms in total. The van der Waals surface area contributed by atoms with Crippen molar-refractivity contribution in [3.05, 3.63) is 42.5 Å². The highest BCUT2D eigenvalue weighted by Crippen LogP contribution is 2.19. The number of halogens is 1. The van der Waals surface area contributed by atoms with Crippen LogP contribution in [0.2, 0.25) is 0 Å². The predicted octanol–water partition coefficient (Wildman–Crippen LogP) is 2.44. The Bertz CT molecular complexity index is 512. The molecule has 2 aromatic rings. The maximum absolute atomic E-state index is 12.8. The van der Waals surface area contributed by atoms with Crippen LogP contribution in [0.4, 0.5) is 4.39 Å². The van der Waals surface area contributed by atoms with Gasteiger partial charge in [0.05, 0.1) is 12.7 Å². The fourth-order valence-electron chi connectivity index (χ4n) is 2.39. The number of aromatic nitrogens is 2. The molecular weight excluding hydrogens is 229 g/mol. The highest BCUT2D eigenvalue weighted by molar-refractivity contribution is 5.61. The van der Waals surface area contributed by atoms with Crippen molar-refractivity contribution < 1.29 is 4.39 Å². The Morgan fingerprint density at radius 1 is 1.28 bits per heavy atom. The van der Waals surface area contributed by atoms with Gasteiger partial charge in [0.25, 0.3) is 0 Å². The van der Waals surface area contributed by atoms with E-state index < -0.39 is 0 Å². The van der Waals surface area contributed by atoms with E-state index in [0.29, 0.717) is 6.04 Å². The van der Waals surface area contributed by atoms with Gasteiger partial charge >= 0.3 is 0 Å². The summed E-state index contributed by atoms with van der Waals surface area (Å²) in [5.41, 5.74) is 2.04. The normalized spacial score (nSPS) is 19.3. The van der Waals surface area contributed by atoms with E-state index in [-0.39, 0.29) is 5.82 Å². The van der Waals surface area contributed by atoms with E-state index in [0.717, 1.165) is 24.2 Å². The Hall–Kier alpha value is -1.68. The molecule has 3 rings (SSSR count). The summed E-state index contributed by atoms with van der Waals surface area (Å²) in [6.07, 6.45) is 6.32. The number of hydrogen-bond donors (Lipinski definition) is 1. The molecule has 0 spiro atoms. The maximum Gasteiger partial charge on any atom is 0.123 e. The van der Waals surface area contributed by atoms with E-state index in [1.165, 1.54) is 25.0 Å². The summed E-state index contributed by atoms with van der Waals surface area (Å²) in [5, 5.41) is 7.81. The van der Waals surface area contributed by atoms with Gasteiger partial charge in [-0.3, -0.25) is 4.68 Å². The molecule has 0 saturated carbocycles. The van der Waals surface area contributed by atoms with Gasteiger partial charge in [0.15, 0.2) is 0 Å². The number of hydrogen-bond acceptors (Lipinski definition) is 2. The van der Waals surface area contributed by atoms with Gasteiger partial charge in [-0.2, -0.15) is 5.10 Å². The molecule has 18 heavy (non-hydrogen) atoms. The van der Waals surface area contributed by atoms with Crippen LogP contribution < -0.4 is 5.32 Å². The van der Waals surface area contributed by atoms with Crippen LogP contribution in [-0.2, 0) is 6.54 Å². The molecule has 1 aliphatic heterocycles. The molecule has 1 aromatic carbocycles. The zero-order valence-corrected chi connectivity index (χ0v) is 10.1. The molecule has 0 amide bonds. The largest absolute Gasteiger partial charge is 0.312 e. The maximum atomic E-state index is 12.8. The SMILES string of the molecule is Fc1ccc(-c2cnn(CC3CCCN3)c2)cc1. The molecule has 4 heteroatoms. The first-order valence-electron chi connectivity index (χ1n) is 6.33. The highest BCUT2D eigenvalue weighted by Gasteiger charge is 2.14. The van der Waals surface area contributed by atoms with Gasteiger partial charge in [0.2, 0.25) is 0 Å². The topological polar surface area (TPSA) is 29.9 Å². The second-order valence-corrected chi connectivity index (χ2v) is 4.75. The summed E-state index contributed by atoms with van der Waals surface area (Å²) >= 11 is 0. The number of nitrogens with zero attached hydrogens (tertiary/aromatic N) is 2. The third kappa shape index (κ3) is 2.43. The van der Waals surface area contributed by atoms with E-state index in [4.69, 9.17) is 0 Å². The van der Waals surface area contributed by atoms with Crippen LogP contribution >= 0.6 is 0 Å². The number of rotatable bonds is 3. The Kier molecular flexibility index (Phi) is 3.11. The van der Waals surface area contributed by atoms with Gasteiger partial charge < -0.3 is 5.32 Å². The van der Waals surface area contributed by atoms with Gasteiger partial charge in [-0.25, -0.2) is 4.39 Å². The molecule has 0 bridgehead atoms. The monoisotopic (exact) mass is 245 g/mol. The lowest BCUT2D eigenvalue weighted by Crippen LogP contribution is -2.26. The summed E-state index contributed by atoms with van der Waals surface area (Å²) in [5.74, 6) is -0.207. The van der Waals surface area contributed by atoms with E-state index in [1.54, 1.807) is 12.1 Å². The van der Waals surface area contributed by atoms with Crippen molar-refractivity contribution in [1.29, 1.82) is 0 Å². The fourth-order valence-corrected chi connectivity index (χ4v) is 2.39. The first kappa shape index (κ1) is 11.4. The minimum absolute atomic E-state index is 0.207. The summed E-state index contributed by atoms with van der Waals surface area (Å²) < 4.78 is 14.8. The highest BCUT2D eigenvalue weighted by atomic mass is 19.1. The van der Waals surface area contributed by atoms with Crippen LogP contribution in [-0.4, -0.2) is 22.4 Å². The molecule has 1 aliphatic rings. The van der Waals surface area contributed by atoms with Gasteiger partial charge in [-0.05, 0) is 37.1 Å². The van der Waals surface area contributed by atoms with Crippen LogP contribution in [0, 0.1) is 5.82 Å².